The van der Waals surface area contributed by atoms with E-state index in [2.05, 4.69) is 30.4 Å². The number of nitrogens with zero attached hydrogens (tertiary/aromatic N) is 5. The Hall–Kier alpha value is -5.85. The molecule has 350 valence electrons. The van der Waals surface area contributed by atoms with Crippen molar-refractivity contribution in [3.05, 3.63) is 41.5 Å². The molecular weight excluding hydrogens is 881 g/mol. The number of likely N-dealkylation sites (tertiary alicyclic amines) is 1. The molecule has 4 amide bonds. The first-order chi connectivity index (χ1) is 29.4. The number of fused-ring (bicyclic) bond motifs is 1. The number of rotatable bonds is 14. The number of thiazole rings is 1. The van der Waals surface area contributed by atoms with Gasteiger partial charge in [0, 0.05) is 5.38 Å². The minimum atomic E-state index is -5.09. The fourth-order valence-electron chi connectivity index (χ4n) is 6.11. The maximum absolute atomic E-state index is 13.9. The lowest BCUT2D eigenvalue weighted by atomic mass is 9.84. The van der Waals surface area contributed by atoms with Crippen molar-refractivity contribution in [1.82, 2.24) is 20.3 Å². The van der Waals surface area contributed by atoms with E-state index in [0.717, 1.165) is 27.9 Å². The van der Waals surface area contributed by atoms with Gasteiger partial charge in [-0.2, -0.15) is 13.5 Å². The molecular formula is C40H55N8O14S2+. The van der Waals surface area contributed by atoms with Gasteiger partial charge < -0.3 is 29.1 Å². The van der Waals surface area contributed by atoms with E-state index < -0.39 is 81.1 Å². The summed E-state index contributed by atoms with van der Waals surface area (Å²) in [6.45, 7) is 18.5. The largest absolute Gasteiger partial charge is 0.489 e. The number of aromatic nitrogens is 2. The van der Waals surface area contributed by atoms with Crippen LogP contribution < -0.4 is 25.3 Å². The van der Waals surface area contributed by atoms with Crippen LogP contribution in [0.2, 0.25) is 0 Å². The number of nitrogens with one attached hydrogen (secondary N) is 3. The average molecular weight is 936 g/mol. The van der Waals surface area contributed by atoms with E-state index in [1.54, 1.807) is 58.6 Å². The predicted molar refractivity (Wildman–Crippen MR) is 231 cm³/mol. The van der Waals surface area contributed by atoms with E-state index in [1.165, 1.54) is 19.2 Å². The van der Waals surface area contributed by atoms with E-state index in [9.17, 15) is 32.4 Å². The van der Waals surface area contributed by atoms with E-state index in [-0.39, 0.29) is 23.0 Å². The zero-order valence-corrected chi connectivity index (χ0v) is 39.3. The Morgan fingerprint density at radius 3 is 2.23 bits per heavy atom. The third kappa shape index (κ3) is 12.9. The van der Waals surface area contributed by atoms with Crippen LogP contribution in [0.5, 0.6) is 5.75 Å². The number of oxime groups is 1. The number of hydrogen-bond acceptors (Lipinski definition) is 17. The van der Waals surface area contributed by atoms with Crippen molar-refractivity contribution < 1.29 is 69.6 Å². The molecule has 4 heterocycles. The number of hydroxylamine groups is 2. The zero-order chi connectivity index (χ0) is 47.7. The van der Waals surface area contributed by atoms with Crippen LogP contribution in [0.1, 0.15) is 81.9 Å². The molecule has 2 saturated heterocycles. The number of carbonyl (C=O) groups excluding carboxylic acids is 5. The highest BCUT2D eigenvalue weighted by Crippen LogP contribution is 2.33. The highest BCUT2D eigenvalue weighted by Gasteiger charge is 2.58. The van der Waals surface area contributed by atoms with Gasteiger partial charge in [-0.05, 0) is 106 Å². The molecule has 2 fully saturated rings. The summed E-state index contributed by atoms with van der Waals surface area (Å²) in [4.78, 5) is 77.0. The summed E-state index contributed by atoms with van der Waals surface area (Å²) in [5.41, 5.74) is -4.67. The van der Waals surface area contributed by atoms with Gasteiger partial charge >= 0.3 is 28.6 Å². The third-order valence-corrected chi connectivity index (χ3v) is 10.1. The quantitative estimate of drug-likeness (QED) is 0.0340. The van der Waals surface area contributed by atoms with Gasteiger partial charge in [-0.15, -0.1) is 15.6 Å². The summed E-state index contributed by atoms with van der Waals surface area (Å²) in [5.74, 6) is -1.87. The number of carbonyl (C=O) groups is 5. The van der Waals surface area contributed by atoms with E-state index in [4.69, 9.17) is 28.3 Å². The second-order valence-electron chi connectivity index (χ2n) is 18.5. The Labute approximate surface area is 374 Å². The molecule has 0 saturated carbocycles. The smallest absolute Gasteiger partial charge is 0.418 e. The Kier molecular flexibility index (Phi) is 14.1. The molecule has 4 N–H and O–H groups in total. The summed E-state index contributed by atoms with van der Waals surface area (Å²) in [6.07, 6.45) is -0.948. The van der Waals surface area contributed by atoms with Gasteiger partial charge in [0.1, 0.15) is 46.9 Å². The Balaban J connectivity index is 1.38. The number of esters is 1. The molecule has 1 aromatic carbocycles. The second kappa shape index (κ2) is 18.3. The fraction of sp³-hybridized carbons (Fsp3) is 0.550. The number of benzene rings is 1. The summed E-state index contributed by atoms with van der Waals surface area (Å²) in [5, 5.41) is 15.7. The number of hydrogen-bond donors (Lipinski definition) is 4. The monoisotopic (exact) mass is 935 g/mol. The van der Waals surface area contributed by atoms with Crippen LogP contribution in [0, 0.1) is 0 Å². The van der Waals surface area contributed by atoms with Crippen LogP contribution in [0.25, 0.3) is 10.8 Å². The molecule has 2 aliphatic rings. The Bertz CT molecular complexity index is 2430. The molecule has 5 rings (SSSR count). The molecule has 22 nitrogen and oxygen atoms in total. The van der Waals surface area contributed by atoms with Gasteiger partial charge in [-0.3, -0.25) is 29.7 Å². The van der Waals surface area contributed by atoms with Gasteiger partial charge in [0.15, 0.2) is 10.8 Å². The standard InChI is InChI=1S/C40H54N8O14S2/c1-37(2,3)58-33(51)27(20-57-24-13-14-25-22(17-24)15-16-46(12)30(25)41-23-18-47(19-23)36(53)60-39(7,8)9)61-45-28(26-21-63-34(42-26)44-35(52)59-38(4,5)6)31(49)43-29-32(50)48(40(29,10)11)62-64(54,55)56/h13-17,21,23,27,29H,18-20H2,1-12H3,(H3,42,43,44,49,52,54,55,56)/p+1/b45-28-/t27-,29+/m0/s1. The van der Waals surface area contributed by atoms with Crippen molar-refractivity contribution in [2.75, 3.05) is 30.3 Å². The van der Waals surface area contributed by atoms with Crippen molar-refractivity contribution >= 4 is 79.1 Å². The lowest BCUT2D eigenvalue weighted by Crippen LogP contribution is -2.76. The Morgan fingerprint density at radius 2 is 1.64 bits per heavy atom. The van der Waals surface area contributed by atoms with Crippen molar-refractivity contribution in [3.8, 4) is 5.75 Å². The highest BCUT2D eigenvalue weighted by atomic mass is 32.3. The molecule has 0 bridgehead atoms. The van der Waals surface area contributed by atoms with Gasteiger partial charge in [-0.1, -0.05) is 5.16 Å². The molecule has 24 heteroatoms. The molecule has 2 atom stereocenters. The molecule has 0 radical (unpaired) electrons. The maximum atomic E-state index is 13.9. The molecule has 2 aromatic heterocycles. The van der Waals surface area contributed by atoms with Crippen molar-refractivity contribution in [1.29, 1.82) is 0 Å². The van der Waals surface area contributed by atoms with Crippen LogP contribution in [-0.4, -0.2) is 124 Å². The second-order valence-corrected chi connectivity index (χ2v) is 20.4. The summed E-state index contributed by atoms with van der Waals surface area (Å²) in [7, 11) is -3.20. The average Bonchev–Trinajstić information content (AvgIpc) is 3.57. The summed E-state index contributed by atoms with van der Waals surface area (Å²) >= 11 is 0.892. The normalized spacial score (nSPS) is 17.4. The fourth-order valence-corrected chi connectivity index (χ4v) is 7.25. The van der Waals surface area contributed by atoms with Crippen LogP contribution in [0.15, 0.2) is 41.0 Å². The first-order valence-corrected chi connectivity index (χ1v) is 22.2. The highest BCUT2D eigenvalue weighted by molar-refractivity contribution is 7.80. The van der Waals surface area contributed by atoms with Crippen molar-refractivity contribution in [3.63, 3.8) is 0 Å². The lowest BCUT2D eigenvalue weighted by molar-refractivity contribution is -0.656. The molecule has 0 aliphatic carbocycles. The van der Waals surface area contributed by atoms with Crippen molar-refractivity contribution in [2.24, 2.45) is 12.2 Å². The number of anilines is 2. The summed E-state index contributed by atoms with van der Waals surface area (Å²) in [6, 6.07) is 5.73. The van der Waals surface area contributed by atoms with Gasteiger partial charge in [0.25, 0.3) is 23.7 Å². The minimum Gasteiger partial charge on any atom is -0.489 e. The molecule has 2 aliphatic heterocycles. The minimum absolute atomic E-state index is 0.0109. The van der Waals surface area contributed by atoms with Crippen LogP contribution in [0.4, 0.5) is 20.5 Å². The number of β-lactam (4-membered cyclic amide) rings is 1. The molecule has 0 spiro atoms. The van der Waals surface area contributed by atoms with Crippen molar-refractivity contribution in [2.45, 2.75) is 117 Å². The first kappa shape index (κ1) is 49.2. The van der Waals surface area contributed by atoms with E-state index >= 15 is 0 Å². The topological polar surface area (TPSA) is 267 Å². The lowest BCUT2D eigenvalue weighted by Gasteiger charge is -2.50. The predicted octanol–water partition coefficient (Wildman–Crippen LogP) is 3.85. The van der Waals surface area contributed by atoms with Crippen LogP contribution >= 0.6 is 11.3 Å². The van der Waals surface area contributed by atoms with Gasteiger partial charge in [0.05, 0.1) is 37.3 Å². The number of aryl methyl sites for hydroxylation is 1. The SMILES string of the molecule is C[n+]1ccc2cc(OC[C@H](O/N=C(\C(=O)N[C@@H]3C(=O)N(OS(=O)(=O)O)C3(C)C)c3csc(NC(=O)OC(C)(C)C)n3)C(=O)OC(C)(C)C)ccc2c1NC1CN(C(=O)OC(C)(C)C)C1. The zero-order valence-electron chi connectivity index (χ0n) is 37.6. The van der Waals surface area contributed by atoms with E-state index in [1.807, 2.05) is 50.7 Å². The van der Waals surface area contributed by atoms with Gasteiger partial charge in [0.2, 0.25) is 0 Å². The maximum Gasteiger partial charge on any atom is 0.418 e. The van der Waals surface area contributed by atoms with E-state index in [0.29, 0.717) is 23.9 Å². The van der Waals surface area contributed by atoms with Crippen LogP contribution in [0.3, 0.4) is 0 Å². The molecule has 0 unspecified atom stereocenters. The number of amides is 4. The number of ether oxygens (including phenoxy) is 4. The number of pyridine rings is 1. The molecule has 3 aromatic rings. The Morgan fingerprint density at radius 1 is 1.00 bits per heavy atom. The van der Waals surface area contributed by atoms with Crippen LogP contribution in [-0.2, 0) is 55.2 Å². The summed E-state index contributed by atoms with van der Waals surface area (Å²) < 4.78 is 60.6. The first-order valence-electron chi connectivity index (χ1n) is 19.9. The molecule has 64 heavy (non-hydrogen) atoms. The van der Waals surface area contributed by atoms with Gasteiger partial charge in [-0.25, -0.2) is 23.9 Å². The third-order valence-electron chi connectivity index (χ3n) is 9.02.